The third kappa shape index (κ3) is 2.90. The zero-order chi connectivity index (χ0) is 18.3. The topological polar surface area (TPSA) is 69.6 Å². The summed E-state index contributed by atoms with van der Waals surface area (Å²) in [5.74, 6) is 0.981. The first kappa shape index (κ1) is 18.1. The molecular weight excluding hydrogens is 370 g/mol. The van der Waals surface area contributed by atoms with E-state index in [9.17, 15) is 8.42 Å². The highest BCUT2D eigenvalue weighted by molar-refractivity contribution is 7.86. The molecule has 0 atom stereocenters. The first-order valence-electron chi connectivity index (χ1n) is 9.31. The van der Waals surface area contributed by atoms with Crippen LogP contribution in [0.15, 0.2) is 6.33 Å². The zero-order valence-corrected chi connectivity index (χ0v) is 16.9. The molecule has 1 saturated heterocycles. The fourth-order valence-electron chi connectivity index (χ4n) is 4.00. The molecule has 2 aliphatic rings. The lowest BCUT2D eigenvalue weighted by Gasteiger charge is -2.37. The third-order valence-electron chi connectivity index (χ3n) is 5.38. The summed E-state index contributed by atoms with van der Waals surface area (Å²) in [7, 11) is -3.36. The van der Waals surface area contributed by atoms with Crippen LogP contribution in [0.3, 0.4) is 0 Å². The molecule has 1 aliphatic carbocycles. The molecule has 2 aromatic rings. The number of piperazine rings is 1. The third-order valence-corrected chi connectivity index (χ3v) is 8.76. The lowest BCUT2D eigenvalue weighted by atomic mass is 10.1. The molecule has 1 aliphatic heterocycles. The van der Waals surface area contributed by atoms with E-state index in [1.807, 2.05) is 13.8 Å². The Kier molecular flexibility index (Phi) is 4.89. The van der Waals surface area contributed by atoms with Crippen LogP contribution in [0.5, 0.6) is 0 Å². The van der Waals surface area contributed by atoms with Crippen molar-refractivity contribution in [2.75, 3.05) is 44.2 Å². The standard InChI is InChI=1S/C17H25N5O2S2/c1-3-21(4-2)26(23,24)22-10-8-20(9-11-22)16-15-13-6-5-7-14(13)25-17(15)19-12-18-16/h12H,3-11H2,1-2H3. The Morgan fingerprint density at radius 2 is 1.85 bits per heavy atom. The fourth-order valence-corrected chi connectivity index (χ4v) is 6.82. The van der Waals surface area contributed by atoms with E-state index in [0.717, 1.165) is 23.5 Å². The van der Waals surface area contributed by atoms with Crippen LogP contribution in [0.1, 0.15) is 30.7 Å². The fraction of sp³-hybridized carbons (Fsp3) is 0.647. The molecule has 4 rings (SSSR count). The number of rotatable bonds is 5. The summed E-state index contributed by atoms with van der Waals surface area (Å²) < 4.78 is 28.6. The van der Waals surface area contributed by atoms with Crippen LogP contribution < -0.4 is 4.90 Å². The van der Waals surface area contributed by atoms with E-state index in [2.05, 4.69) is 14.9 Å². The van der Waals surface area contributed by atoms with Gasteiger partial charge < -0.3 is 4.90 Å². The smallest absolute Gasteiger partial charge is 0.282 e. The van der Waals surface area contributed by atoms with Gasteiger partial charge in [0.25, 0.3) is 10.2 Å². The quantitative estimate of drug-likeness (QED) is 0.773. The van der Waals surface area contributed by atoms with Gasteiger partial charge in [-0.15, -0.1) is 11.3 Å². The molecule has 7 nitrogen and oxygen atoms in total. The predicted molar refractivity (Wildman–Crippen MR) is 105 cm³/mol. The van der Waals surface area contributed by atoms with Gasteiger partial charge in [-0.3, -0.25) is 0 Å². The number of anilines is 1. The Morgan fingerprint density at radius 3 is 2.54 bits per heavy atom. The van der Waals surface area contributed by atoms with Gasteiger partial charge in [0, 0.05) is 44.1 Å². The Bertz CT molecular complexity index is 899. The van der Waals surface area contributed by atoms with Gasteiger partial charge >= 0.3 is 0 Å². The number of nitrogens with zero attached hydrogens (tertiary/aromatic N) is 5. The van der Waals surface area contributed by atoms with E-state index in [1.54, 1.807) is 22.0 Å². The average Bonchev–Trinajstić information content (AvgIpc) is 3.23. The Balaban J connectivity index is 1.57. The van der Waals surface area contributed by atoms with Crippen molar-refractivity contribution >= 4 is 37.6 Å². The van der Waals surface area contributed by atoms with Crippen molar-refractivity contribution in [3.05, 3.63) is 16.8 Å². The van der Waals surface area contributed by atoms with E-state index in [1.165, 1.54) is 26.6 Å². The van der Waals surface area contributed by atoms with Gasteiger partial charge in [-0.1, -0.05) is 13.8 Å². The highest BCUT2D eigenvalue weighted by atomic mass is 32.2. The summed E-state index contributed by atoms with van der Waals surface area (Å²) in [5, 5.41) is 1.20. The second-order valence-electron chi connectivity index (χ2n) is 6.71. The Labute approximate surface area is 158 Å². The first-order chi connectivity index (χ1) is 12.6. The maximum absolute atomic E-state index is 12.7. The average molecular weight is 396 g/mol. The second-order valence-corrected chi connectivity index (χ2v) is 9.73. The van der Waals surface area contributed by atoms with Gasteiger partial charge in [-0.2, -0.15) is 17.0 Å². The second kappa shape index (κ2) is 7.03. The van der Waals surface area contributed by atoms with Crippen molar-refractivity contribution in [3.63, 3.8) is 0 Å². The van der Waals surface area contributed by atoms with Gasteiger partial charge in [0.1, 0.15) is 17.0 Å². The molecule has 0 aromatic carbocycles. The maximum atomic E-state index is 12.7. The molecule has 9 heteroatoms. The van der Waals surface area contributed by atoms with E-state index in [0.29, 0.717) is 39.3 Å². The summed E-state index contributed by atoms with van der Waals surface area (Å²) in [6, 6.07) is 0. The molecule has 2 aromatic heterocycles. The summed E-state index contributed by atoms with van der Waals surface area (Å²) >= 11 is 1.79. The van der Waals surface area contributed by atoms with Gasteiger partial charge in [-0.25, -0.2) is 9.97 Å². The molecule has 3 heterocycles. The summed E-state index contributed by atoms with van der Waals surface area (Å²) in [6.07, 6.45) is 5.10. The lowest BCUT2D eigenvalue weighted by Crippen LogP contribution is -2.53. The van der Waals surface area contributed by atoms with E-state index >= 15 is 0 Å². The van der Waals surface area contributed by atoms with Crippen LogP contribution in [0, 0.1) is 0 Å². The molecule has 0 amide bonds. The highest BCUT2D eigenvalue weighted by Gasteiger charge is 2.32. The van der Waals surface area contributed by atoms with E-state index < -0.39 is 10.2 Å². The van der Waals surface area contributed by atoms with Crippen LogP contribution in [-0.4, -0.2) is 66.3 Å². The van der Waals surface area contributed by atoms with Crippen LogP contribution in [0.2, 0.25) is 0 Å². The molecular formula is C17H25N5O2S2. The van der Waals surface area contributed by atoms with E-state index in [4.69, 9.17) is 0 Å². The SMILES string of the molecule is CCN(CC)S(=O)(=O)N1CCN(c2ncnc3sc4c(c23)CCC4)CC1. The van der Waals surface area contributed by atoms with Crippen molar-refractivity contribution in [1.29, 1.82) is 0 Å². The minimum Gasteiger partial charge on any atom is -0.353 e. The summed E-state index contributed by atoms with van der Waals surface area (Å²) in [4.78, 5) is 13.8. The van der Waals surface area contributed by atoms with Gasteiger partial charge in [0.05, 0.1) is 5.39 Å². The van der Waals surface area contributed by atoms with Gasteiger partial charge in [-0.05, 0) is 24.8 Å². The molecule has 0 N–H and O–H groups in total. The predicted octanol–water partition coefficient (Wildman–Crippen LogP) is 1.89. The lowest BCUT2D eigenvalue weighted by molar-refractivity contribution is 0.334. The molecule has 1 fully saturated rings. The number of aromatic nitrogens is 2. The van der Waals surface area contributed by atoms with Gasteiger partial charge in [0.15, 0.2) is 0 Å². The van der Waals surface area contributed by atoms with Crippen molar-refractivity contribution in [2.45, 2.75) is 33.1 Å². The normalized spacial score (nSPS) is 18.8. The number of aryl methyl sites for hydroxylation is 2. The molecule has 0 unspecified atom stereocenters. The van der Waals surface area contributed by atoms with Crippen molar-refractivity contribution in [1.82, 2.24) is 18.6 Å². The molecule has 26 heavy (non-hydrogen) atoms. The van der Waals surface area contributed by atoms with Crippen LogP contribution in [-0.2, 0) is 23.1 Å². The first-order valence-corrected chi connectivity index (χ1v) is 11.5. The monoisotopic (exact) mass is 395 g/mol. The number of fused-ring (bicyclic) bond motifs is 3. The molecule has 0 spiro atoms. The van der Waals surface area contributed by atoms with Crippen LogP contribution >= 0.6 is 11.3 Å². The van der Waals surface area contributed by atoms with Crippen LogP contribution in [0.25, 0.3) is 10.2 Å². The van der Waals surface area contributed by atoms with Gasteiger partial charge in [0.2, 0.25) is 0 Å². The number of thiophene rings is 1. The van der Waals surface area contributed by atoms with Crippen LogP contribution in [0.4, 0.5) is 5.82 Å². The van der Waals surface area contributed by atoms with E-state index in [-0.39, 0.29) is 0 Å². The Hall–Kier alpha value is -1.29. The molecule has 0 bridgehead atoms. The highest BCUT2D eigenvalue weighted by Crippen LogP contribution is 2.40. The largest absolute Gasteiger partial charge is 0.353 e. The number of hydrogen-bond donors (Lipinski definition) is 0. The Morgan fingerprint density at radius 1 is 1.12 bits per heavy atom. The minimum absolute atomic E-state index is 0.497. The van der Waals surface area contributed by atoms with Crippen molar-refractivity contribution < 1.29 is 8.42 Å². The molecule has 0 radical (unpaired) electrons. The molecule has 0 saturated carbocycles. The minimum atomic E-state index is -3.36. The molecule has 142 valence electrons. The zero-order valence-electron chi connectivity index (χ0n) is 15.3. The van der Waals surface area contributed by atoms with Crippen molar-refractivity contribution in [3.8, 4) is 0 Å². The summed E-state index contributed by atoms with van der Waals surface area (Å²) in [6.45, 7) is 7.10. The summed E-state index contributed by atoms with van der Waals surface area (Å²) in [5.41, 5.74) is 1.42. The maximum Gasteiger partial charge on any atom is 0.282 e. The number of hydrogen-bond acceptors (Lipinski definition) is 6. The van der Waals surface area contributed by atoms with Crippen molar-refractivity contribution in [2.24, 2.45) is 0 Å².